The van der Waals surface area contributed by atoms with E-state index < -0.39 is 32.4 Å². The Hall–Kier alpha value is -1.74. The van der Waals surface area contributed by atoms with Crippen LogP contribution in [0.25, 0.3) is 0 Å². The molecule has 0 bridgehead atoms. The van der Waals surface area contributed by atoms with Crippen LogP contribution in [-0.2, 0) is 14.6 Å². The number of primary amides is 1. The number of benzene rings is 1. The van der Waals surface area contributed by atoms with Gasteiger partial charge in [0.2, 0.25) is 15.7 Å². The molecule has 116 valence electrons. The van der Waals surface area contributed by atoms with Gasteiger partial charge in [0.25, 0.3) is 0 Å². The maximum atomic E-state index is 12.8. The van der Waals surface area contributed by atoms with Crippen LogP contribution in [0.2, 0.25) is 0 Å². The van der Waals surface area contributed by atoms with Gasteiger partial charge < -0.3 is 16.0 Å². The fraction of sp³-hybridized carbons (Fsp3) is 0.417. The van der Waals surface area contributed by atoms with Gasteiger partial charge in [0, 0.05) is 19.6 Å². The number of nitrogens with zero attached hydrogens (tertiary/aromatic N) is 1. The highest BCUT2D eigenvalue weighted by Gasteiger charge is 2.34. The van der Waals surface area contributed by atoms with Crippen molar-refractivity contribution in [2.24, 2.45) is 5.73 Å². The molecule has 0 aliphatic carbocycles. The van der Waals surface area contributed by atoms with Crippen molar-refractivity contribution >= 4 is 21.4 Å². The van der Waals surface area contributed by atoms with Crippen LogP contribution in [0, 0.1) is 0 Å². The van der Waals surface area contributed by atoms with Gasteiger partial charge in [-0.1, -0.05) is 12.1 Å². The Morgan fingerprint density at radius 2 is 2.05 bits per heavy atom. The van der Waals surface area contributed by atoms with E-state index in [0.29, 0.717) is 13.1 Å². The number of nitrogens with one attached hydrogen (secondary N) is 1. The van der Waals surface area contributed by atoms with Crippen LogP contribution in [0.3, 0.4) is 0 Å². The van der Waals surface area contributed by atoms with Gasteiger partial charge in [0.15, 0.2) is 0 Å². The number of amides is 1. The third kappa shape index (κ3) is 2.98. The lowest BCUT2D eigenvalue weighted by atomic mass is 10.1. The lowest BCUT2D eigenvalue weighted by Gasteiger charge is -2.36. The zero-order chi connectivity index (χ0) is 15.6. The van der Waals surface area contributed by atoms with Crippen LogP contribution in [0.1, 0.15) is 0 Å². The van der Waals surface area contributed by atoms with E-state index in [9.17, 15) is 22.0 Å². The monoisotopic (exact) mass is 319 g/mol. The molecular weight excluding hydrogens is 304 g/mol. The first kappa shape index (κ1) is 15.6. The van der Waals surface area contributed by atoms with Crippen LogP contribution in [-0.4, -0.2) is 45.8 Å². The first-order valence-electron chi connectivity index (χ1n) is 6.23. The number of hydrogen-bond acceptors (Lipinski definition) is 5. The normalized spacial score (nSPS) is 19.8. The summed E-state index contributed by atoms with van der Waals surface area (Å²) in [4.78, 5) is 12.4. The number of halogens is 2. The van der Waals surface area contributed by atoms with E-state index in [0.717, 1.165) is 6.07 Å². The average Bonchev–Trinajstić information content (AvgIpc) is 2.47. The first-order chi connectivity index (χ1) is 9.85. The van der Waals surface area contributed by atoms with Crippen molar-refractivity contribution in [3.63, 3.8) is 0 Å². The number of anilines is 1. The second kappa shape index (κ2) is 5.94. The maximum absolute atomic E-state index is 12.8. The quantitative estimate of drug-likeness (QED) is 0.811. The van der Waals surface area contributed by atoms with E-state index in [1.807, 2.05) is 0 Å². The number of carbonyl (C=O) groups excluding carboxylic acids is 1. The van der Waals surface area contributed by atoms with E-state index >= 15 is 0 Å². The number of piperazine rings is 1. The lowest BCUT2D eigenvalue weighted by molar-refractivity contribution is -0.119. The third-order valence-corrected chi connectivity index (χ3v) is 4.71. The number of alkyl halides is 2. The van der Waals surface area contributed by atoms with Crippen LogP contribution in [0.4, 0.5) is 14.5 Å². The first-order valence-corrected chi connectivity index (χ1v) is 7.78. The van der Waals surface area contributed by atoms with Gasteiger partial charge in [-0.2, -0.15) is 8.78 Å². The summed E-state index contributed by atoms with van der Waals surface area (Å²) in [5, 5.41) is 2.96. The largest absolute Gasteiger partial charge is 0.368 e. The number of nitrogens with two attached hydrogens (primary N) is 1. The average molecular weight is 319 g/mol. The molecule has 1 unspecified atom stereocenters. The molecule has 0 radical (unpaired) electrons. The van der Waals surface area contributed by atoms with Gasteiger partial charge in [-0.25, -0.2) is 8.42 Å². The number of sulfone groups is 1. The summed E-state index contributed by atoms with van der Waals surface area (Å²) in [7, 11) is -4.75. The van der Waals surface area contributed by atoms with Crippen LogP contribution < -0.4 is 16.0 Å². The minimum absolute atomic E-state index is 0.0723. The molecule has 21 heavy (non-hydrogen) atoms. The molecule has 6 nitrogen and oxygen atoms in total. The zero-order valence-electron chi connectivity index (χ0n) is 11.0. The van der Waals surface area contributed by atoms with Gasteiger partial charge in [-0.05, 0) is 12.1 Å². The molecule has 0 saturated carbocycles. The Morgan fingerprint density at radius 1 is 1.38 bits per heavy atom. The van der Waals surface area contributed by atoms with Crippen molar-refractivity contribution in [1.82, 2.24) is 5.32 Å². The molecule has 1 aromatic carbocycles. The molecule has 9 heteroatoms. The Labute approximate surface area is 120 Å². The zero-order valence-corrected chi connectivity index (χ0v) is 11.8. The van der Waals surface area contributed by atoms with E-state index in [-0.39, 0.29) is 12.2 Å². The summed E-state index contributed by atoms with van der Waals surface area (Å²) in [6, 6.07) is 4.61. The Balaban J connectivity index is 2.51. The van der Waals surface area contributed by atoms with Crippen molar-refractivity contribution in [1.29, 1.82) is 0 Å². The highest BCUT2D eigenvalue weighted by Crippen LogP contribution is 2.30. The molecule has 1 saturated heterocycles. The topological polar surface area (TPSA) is 92.5 Å². The summed E-state index contributed by atoms with van der Waals surface area (Å²) in [6.45, 7) is 1.02. The van der Waals surface area contributed by atoms with Crippen LogP contribution in [0.15, 0.2) is 29.2 Å². The molecule has 1 fully saturated rings. The predicted molar refractivity (Wildman–Crippen MR) is 72.8 cm³/mol. The molecule has 1 atom stereocenters. The lowest BCUT2D eigenvalue weighted by Crippen LogP contribution is -2.57. The second-order valence-corrected chi connectivity index (χ2v) is 6.48. The third-order valence-electron chi connectivity index (χ3n) is 3.29. The molecule has 3 N–H and O–H groups in total. The Kier molecular flexibility index (Phi) is 4.43. The highest BCUT2D eigenvalue weighted by atomic mass is 32.2. The predicted octanol–water partition coefficient (Wildman–Crippen LogP) is -0.0536. The van der Waals surface area contributed by atoms with Crippen molar-refractivity contribution in [3.05, 3.63) is 24.3 Å². The van der Waals surface area contributed by atoms with Gasteiger partial charge in [-0.3, -0.25) is 4.79 Å². The molecule has 1 amide bonds. The SMILES string of the molecule is NC(=O)C1CNCCN1c1ccccc1S(=O)(=O)C(F)F. The van der Waals surface area contributed by atoms with Gasteiger partial charge in [0.1, 0.15) is 6.04 Å². The van der Waals surface area contributed by atoms with E-state index in [1.165, 1.54) is 23.1 Å². The summed E-state index contributed by atoms with van der Waals surface area (Å²) in [5.41, 5.74) is 5.37. The number of rotatable bonds is 4. The molecule has 1 heterocycles. The summed E-state index contributed by atoms with van der Waals surface area (Å²) >= 11 is 0. The van der Waals surface area contributed by atoms with Crippen molar-refractivity contribution < 1.29 is 22.0 Å². The standard InChI is InChI=1S/C12H15F2N3O3S/c13-12(14)21(19,20)10-4-2-1-3-8(10)17-6-5-16-7-9(17)11(15)18/h1-4,9,12,16H,5-7H2,(H2,15,18). The van der Waals surface area contributed by atoms with E-state index in [2.05, 4.69) is 5.32 Å². The number of carbonyl (C=O) groups is 1. The van der Waals surface area contributed by atoms with Gasteiger partial charge in [0.05, 0.1) is 10.6 Å². The maximum Gasteiger partial charge on any atom is 0.341 e. The van der Waals surface area contributed by atoms with Crippen molar-refractivity contribution in [3.8, 4) is 0 Å². The molecular formula is C12H15F2N3O3S. The minimum atomic E-state index is -4.75. The van der Waals surface area contributed by atoms with E-state index in [4.69, 9.17) is 5.73 Å². The molecule has 0 spiro atoms. The van der Waals surface area contributed by atoms with Crippen LogP contribution in [0.5, 0.6) is 0 Å². The van der Waals surface area contributed by atoms with Crippen LogP contribution >= 0.6 is 0 Å². The van der Waals surface area contributed by atoms with Crippen molar-refractivity contribution in [2.45, 2.75) is 16.7 Å². The smallest absolute Gasteiger partial charge is 0.341 e. The second-order valence-electron chi connectivity index (χ2n) is 4.59. The summed E-state index contributed by atoms with van der Waals surface area (Å²) in [5.74, 6) is -4.17. The summed E-state index contributed by atoms with van der Waals surface area (Å²) < 4.78 is 49.1. The van der Waals surface area contributed by atoms with E-state index in [1.54, 1.807) is 0 Å². The van der Waals surface area contributed by atoms with Gasteiger partial charge >= 0.3 is 5.76 Å². The molecule has 0 aromatic heterocycles. The number of hydrogen-bond donors (Lipinski definition) is 2. The Bertz CT molecular complexity index is 636. The molecule has 2 rings (SSSR count). The molecule has 1 aromatic rings. The highest BCUT2D eigenvalue weighted by molar-refractivity contribution is 7.91. The number of para-hydroxylation sites is 1. The molecule has 1 aliphatic rings. The fourth-order valence-electron chi connectivity index (χ4n) is 2.28. The Morgan fingerprint density at radius 3 is 2.67 bits per heavy atom. The fourth-order valence-corrected chi connectivity index (χ4v) is 3.21. The molecule has 1 aliphatic heterocycles. The van der Waals surface area contributed by atoms with Gasteiger partial charge in [-0.15, -0.1) is 0 Å². The summed E-state index contributed by atoms with van der Waals surface area (Å²) in [6.07, 6.45) is 0. The van der Waals surface area contributed by atoms with Crippen molar-refractivity contribution in [2.75, 3.05) is 24.5 Å². The minimum Gasteiger partial charge on any atom is -0.368 e.